The molecule has 0 saturated heterocycles. The Morgan fingerprint density at radius 2 is 2.20 bits per heavy atom. The molecule has 1 aliphatic heterocycles. The number of hydrogen-bond donors (Lipinski definition) is 0. The van der Waals surface area contributed by atoms with E-state index in [2.05, 4.69) is 33.5 Å². The van der Waals surface area contributed by atoms with Crippen molar-refractivity contribution in [1.82, 2.24) is 19.7 Å². The van der Waals surface area contributed by atoms with Crippen LogP contribution in [-0.2, 0) is 13.0 Å². The van der Waals surface area contributed by atoms with Crippen LogP contribution in [0.3, 0.4) is 0 Å². The summed E-state index contributed by atoms with van der Waals surface area (Å²) in [5.41, 5.74) is 0. The van der Waals surface area contributed by atoms with Gasteiger partial charge in [0.1, 0.15) is 12.2 Å². The van der Waals surface area contributed by atoms with Gasteiger partial charge in [-0.2, -0.15) is 0 Å². The van der Waals surface area contributed by atoms with Crippen LogP contribution < -0.4 is 0 Å². The van der Waals surface area contributed by atoms with Gasteiger partial charge in [-0.15, -0.1) is 10.2 Å². The molecule has 2 heterocycles. The van der Waals surface area contributed by atoms with Crippen molar-refractivity contribution < 1.29 is 0 Å². The topological polar surface area (TPSA) is 34.0 Å². The fourth-order valence-corrected chi connectivity index (χ4v) is 1.94. The zero-order valence-electron chi connectivity index (χ0n) is 9.69. The van der Waals surface area contributed by atoms with Gasteiger partial charge in [0, 0.05) is 26.1 Å². The van der Waals surface area contributed by atoms with Crippen molar-refractivity contribution in [2.75, 3.05) is 19.6 Å². The highest BCUT2D eigenvalue weighted by Crippen LogP contribution is 2.08. The number of fused-ring (bicyclic) bond motifs is 1. The smallest absolute Gasteiger partial charge is 0.134 e. The first-order chi connectivity index (χ1) is 7.25. The van der Waals surface area contributed by atoms with E-state index in [1.54, 1.807) is 0 Å². The van der Waals surface area contributed by atoms with Gasteiger partial charge in [-0.05, 0) is 18.9 Å². The maximum atomic E-state index is 4.13. The largest absolute Gasteiger partial charge is 0.316 e. The van der Waals surface area contributed by atoms with Crippen molar-refractivity contribution in [3.05, 3.63) is 12.2 Å². The highest BCUT2D eigenvalue weighted by Gasteiger charge is 2.14. The van der Waals surface area contributed by atoms with Crippen LogP contribution in [0.4, 0.5) is 0 Å². The van der Waals surface area contributed by atoms with Crippen molar-refractivity contribution in [2.45, 2.75) is 33.2 Å². The van der Waals surface area contributed by atoms with Crippen LogP contribution in [0.1, 0.15) is 26.1 Å². The second-order valence-corrected chi connectivity index (χ2v) is 4.71. The highest BCUT2D eigenvalue weighted by molar-refractivity contribution is 4.89. The molecule has 0 aromatic carbocycles. The van der Waals surface area contributed by atoms with Crippen LogP contribution in [0.15, 0.2) is 6.33 Å². The van der Waals surface area contributed by atoms with Gasteiger partial charge >= 0.3 is 0 Å². The van der Waals surface area contributed by atoms with Crippen LogP contribution in [0.2, 0.25) is 0 Å². The van der Waals surface area contributed by atoms with E-state index >= 15 is 0 Å². The van der Waals surface area contributed by atoms with Gasteiger partial charge < -0.3 is 9.47 Å². The second kappa shape index (κ2) is 4.75. The van der Waals surface area contributed by atoms with E-state index < -0.39 is 0 Å². The predicted molar refractivity (Wildman–Crippen MR) is 59.6 cm³/mol. The first-order valence-electron chi connectivity index (χ1n) is 5.85. The van der Waals surface area contributed by atoms with Crippen molar-refractivity contribution in [1.29, 1.82) is 0 Å². The highest BCUT2D eigenvalue weighted by atomic mass is 15.3. The van der Waals surface area contributed by atoms with Gasteiger partial charge in [-0.1, -0.05) is 13.8 Å². The Morgan fingerprint density at radius 3 is 3.00 bits per heavy atom. The molecule has 0 N–H and O–H groups in total. The normalized spacial score (nSPS) is 17.8. The number of nitrogens with zero attached hydrogens (tertiary/aromatic N) is 4. The molecule has 0 amide bonds. The summed E-state index contributed by atoms with van der Waals surface area (Å²) >= 11 is 0. The third-order valence-corrected chi connectivity index (χ3v) is 3.03. The van der Waals surface area contributed by atoms with Gasteiger partial charge in [0.05, 0.1) is 0 Å². The molecule has 2 rings (SSSR count). The van der Waals surface area contributed by atoms with Gasteiger partial charge in [-0.25, -0.2) is 0 Å². The summed E-state index contributed by atoms with van der Waals surface area (Å²) in [5.74, 6) is 1.94. The molecule has 1 aromatic rings. The summed E-state index contributed by atoms with van der Waals surface area (Å²) in [7, 11) is 0. The summed E-state index contributed by atoms with van der Waals surface area (Å²) in [6.07, 6.45) is 4.18. The Morgan fingerprint density at radius 1 is 1.33 bits per heavy atom. The lowest BCUT2D eigenvalue weighted by atomic mass is 10.1. The second-order valence-electron chi connectivity index (χ2n) is 4.71. The van der Waals surface area contributed by atoms with E-state index in [1.807, 2.05) is 6.33 Å². The molecule has 0 fully saturated rings. The fourth-order valence-electron chi connectivity index (χ4n) is 1.94. The van der Waals surface area contributed by atoms with Crippen molar-refractivity contribution in [3.63, 3.8) is 0 Å². The standard InChI is InChI=1S/C11H20N4/c1-10(2)3-5-14-6-4-11-13-12-9-15(11)8-7-14/h9-10H,3-8H2,1-2H3. The fraction of sp³-hybridized carbons (Fsp3) is 0.818. The van der Waals surface area contributed by atoms with E-state index in [4.69, 9.17) is 0 Å². The Labute approximate surface area is 91.3 Å². The molecular weight excluding hydrogens is 188 g/mol. The Balaban J connectivity index is 1.85. The summed E-state index contributed by atoms with van der Waals surface area (Å²) in [6, 6.07) is 0. The molecule has 1 aromatic heterocycles. The van der Waals surface area contributed by atoms with Gasteiger partial charge in [-0.3, -0.25) is 0 Å². The number of hydrogen-bond acceptors (Lipinski definition) is 3. The van der Waals surface area contributed by atoms with E-state index in [0.717, 1.165) is 37.8 Å². The number of aromatic nitrogens is 3. The van der Waals surface area contributed by atoms with Crippen LogP contribution >= 0.6 is 0 Å². The van der Waals surface area contributed by atoms with E-state index in [1.165, 1.54) is 13.0 Å². The maximum Gasteiger partial charge on any atom is 0.134 e. The Hall–Kier alpha value is -0.900. The third kappa shape index (κ3) is 2.78. The van der Waals surface area contributed by atoms with Gasteiger partial charge in [0.2, 0.25) is 0 Å². The van der Waals surface area contributed by atoms with Crippen LogP contribution in [-0.4, -0.2) is 39.3 Å². The monoisotopic (exact) mass is 208 g/mol. The number of rotatable bonds is 3. The molecule has 15 heavy (non-hydrogen) atoms. The van der Waals surface area contributed by atoms with E-state index in [9.17, 15) is 0 Å². The third-order valence-electron chi connectivity index (χ3n) is 3.03. The van der Waals surface area contributed by atoms with Crippen LogP contribution in [0.25, 0.3) is 0 Å². The summed E-state index contributed by atoms with van der Waals surface area (Å²) in [4.78, 5) is 2.54. The van der Waals surface area contributed by atoms with Crippen molar-refractivity contribution in [3.8, 4) is 0 Å². The molecule has 0 atom stereocenters. The summed E-state index contributed by atoms with van der Waals surface area (Å²) in [5, 5.41) is 8.07. The summed E-state index contributed by atoms with van der Waals surface area (Å²) < 4.78 is 2.18. The van der Waals surface area contributed by atoms with Gasteiger partial charge in [0.25, 0.3) is 0 Å². The molecule has 84 valence electrons. The average Bonchev–Trinajstić information content (AvgIpc) is 2.56. The molecule has 4 nitrogen and oxygen atoms in total. The minimum Gasteiger partial charge on any atom is -0.316 e. The van der Waals surface area contributed by atoms with Crippen LogP contribution in [0, 0.1) is 5.92 Å². The molecule has 0 saturated carbocycles. The molecule has 0 aliphatic carbocycles. The van der Waals surface area contributed by atoms with Crippen molar-refractivity contribution in [2.24, 2.45) is 5.92 Å². The van der Waals surface area contributed by atoms with Crippen LogP contribution in [0.5, 0.6) is 0 Å². The minimum atomic E-state index is 0.798. The zero-order chi connectivity index (χ0) is 10.7. The van der Waals surface area contributed by atoms with E-state index in [0.29, 0.717) is 0 Å². The average molecular weight is 208 g/mol. The molecule has 0 radical (unpaired) electrons. The first-order valence-corrected chi connectivity index (χ1v) is 5.85. The van der Waals surface area contributed by atoms with Gasteiger partial charge in [0.15, 0.2) is 0 Å². The van der Waals surface area contributed by atoms with E-state index in [-0.39, 0.29) is 0 Å². The molecule has 1 aliphatic rings. The molecular formula is C11H20N4. The molecule has 0 spiro atoms. The minimum absolute atomic E-state index is 0.798. The molecule has 4 heteroatoms. The molecule has 0 unspecified atom stereocenters. The quantitative estimate of drug-likeness (QED) is 0.748. The Kier molecular flexibility index (Phi) is 3.36. The maximum absolute atomic E-state index is 4.13. The Bertz CT molecular complexity index is 283. The lowest BCUT2D eigenvalue weighted by Gasteiger charge is -2.20. The first kappa shape index (κ1) is 10.6. The lowest BCUT2D eigenvalue weighted by molar-refractivity contribution is 0.262. The summed E-state index contributed by atoms with van der Waals surface area (Å²) in [6.45, 7) is 9.10. The lowest BCUT2D eigenvalue weighted by Crippen LogP contribution is -2.28. The predicted octanol–water partition coefficient (Wildman–Crippen LogP) is 1.18. The van der Waals surface area contributed by atoms with Crippen molar-refractivity contribution >= 4 is 0 Å². The zero-order valence-corrected chi connectivity index (χ0v) is 9.69. The SMILES string of the molecule is CC(C)CCN1CCc2nncn2CC1. The molecule has 0 bridgehead atoms.